The fraction of sp³-hybridized carbons (Fsp3) is 0.364. The monoisotopic (exact) mass is 229 g/mol. The summed E-state index contributed by atoms with van der Waals surface area (Å²) < 4.78 is 30.8. The Balaban J connectivity index is 3.06. The molecule has 0 atom stereocenters. The van der Waals surface area contributed by atoms with Gasteiger partial charge in [0.2, 0.25) is 0 Å². The van der Waals surface area contributed by atoms with Crippen molar-refractivity contribution in [3.05, 3.63) is 34.9 Å². The van der Waals surface area contributed by atoms with Gasteiger partial charge in [0.25, 0.3) is 0 Å². The summed E-state index contributed by atoms with van der Waals surface area (Å²) in [7, 11) is 2.88. The first-order valence-electron chi connectivity index (χ1n) is 4.81. The largest absolute Gasteiger partial charge is 0.465 e. The van der Waals surface area contributed by atoms with Crippen LogP contribution in [0.1, 0.15) is 15.9 Å². The Bertz CT molecular complexity index is 394. The van der Waals surface area contributed by atoms with Crippen molar-refractivity contribution in [2.45, 2.75) is 6.42 Å². The molecule has 5 heteroatoms. The molecule has 1 aromatic rings. The van der Waals surface area contributed by atoms with Gasteiger partial charge in [-0.15, -0.1) is 0 Å². The highest BCUT2D eigenvalue weighted by Crippen LogP contribution is 2.16. The number of benzene rings is 1. The molecule has 0 aliphatic rings. The van der Waals surface area contributed by atoms with Gasteiger partial charge >= 0.3 is 5.97 Å². The number of methoxy groups -OCH3 is 1. The third-order valence-corrected chi connectivity index (χ3v) is 2.16. The minimum Gasteiger partial charge on any atom is -0.465 e. The van der Waals surface area contributed by atoms with Crippen LogP contribution >= 0.6 is 0 Å². The van der Waals surface area contributed by atoms with Gasteiger partial charge in [-0.05, 0) is 37.7 Å². The van der Waals surface area contributed by atoms with Gasteiger partial charge in [-0.1, -0.05) is 0 Å². The first-order chi connectivity index (χ1) is 7.60. The number of hydrogen-bond donors (Lipinski definition) is 1. The number of hydrogen-bond acceptors (Lipinski definition) is 3. The molecule has 0 fully saturated rings. The molecular weight excluding hydrogens is 216 g/mol. The molecule has 0 aliphatic heterocycles. The number of halogens is 2. The number of carbonyl (C=O) groups excluding carboxylic acids is 1. The summed E-state index contributed by atoms with van der Waals surface area (Å²) in [6.07, 6.45) is 0.512. The van der Waals surface area contributed by atoms with Crippen LogP contribution in [0.5, 0.6) is 0 Å². The first-order valence-corrected chi connectivity index (χ1v) is 4.81. The summed E-state index contributed by atoms with van der Waals surface area (Å²) in [5.41, 5.74) is 0.183. The number of likely N-dealkylation sites (N-methyl/N-ethyl adjacent to an activating group) is 1. The fourth-order valence-electron chi connectivity index (χ4n) is 1.32. The Morgan fingerprint density at radius 2 is 2.12 bits per heavy atom. The van der Waals surface area contributed by atoms with E-state index in [0.29, 0.717) is 18.5 Å². The molecule has 1 rings (SSSR count). The van der Waals surface area contributed by atoms with Crippen LogP contribution in [-0.4, -0.2) is 26.7 Å². The smallest absolute Gasteiger partial charge is 0.340 e. The summed E-state index contributed by atoms with van der Waals surface area (Å²) in [5.74, 6) is -3.07. The van der Waals surface area contributed by atoms with E-state index in [1.165, 1.54) is 6.07 Å². The SMILES string of the molecule is CNCCc1cc(F)c(F)c(C(=O)OC)c1. The summed E-state index contributed by atoms with van der Waals surface area (Å²) >= 11 is 0. The van der Waals surface area contributed by atoms with Crippen LogP contribution < -0.4 is 5.32 Å². The van der Waals surface area contributed by atoms with Crippen LogP contribution in [0.2, 0.25) is 0 Å². The van der Waals surface area contributed by atoms with Crippen LogP contribution in [0.4, 0.5) is 8.78 Å². The maximum absolute atomic E-state index is 13.2. The highest BCUT2D eigenvalue weighted by molar-refractivity contribution is 5.89. The van der Waals surface area contributed by atoms with Crippen LogP contribution in [0.25, 0.3) is 0 Å². The van der Waals surface area contributed by atoms with E-state index in [0.717, 1.165) is 13.2 Å². The lowest BCUT2D eigenvalue weighted by molar-refractivity contribution is 0.0594. The quantitative estimate of drug-likeness (QED) is 0.795. The third kappa shape index (κ3) is 2.76. The van der Waals surface area contributed by atoms with E-state index in [1.54, 1.807) is 7.05 Å². The molecule has 0 bridgehead atoms. The lowest BCUT2D eigenvalue weighted by Crippen LogP contribution is -2.12. The van der Waals surface area contributed by atoms with Crippen molar-refractivity contribution < 1.29 is 18.3 Å². The molecule has 0 amide bonds. The molecule has 16 heavy (non-hydrogen) atoms. The van der Waals surface area contributed by atoms with E-state index in [-0.39, 0.29) is 5.56 Å². The topological polar surface area (TPSA) is 38.3 Å². The van der Waals surface area contributed by atoms with E-state index in [9.17, 15) is 13.6 Å². The Labute approximate surface area is 92.4 Å². The molecule has 3 nitrogen and oxygen atoms in total. The third-order valence-electron chi connectivity index (χ3n) is 2.16. The van der Waals surface area contributed by atoms with Crippen LogP contribution in [-0.2, 0) is 11.2 Å². The van der Waals surface area contributed by atoms with Crippen LogP contribution in [0, 0.1) is 11.6 Å². The molecule has 1 N–H and O–H groups in total. The summed E-state index contributed by atoms with van der Waals surface area (Å²) in [4.78, 5) is 11.2. The van der Waals surface area contributed by atoms with Crippen molar-refractivity contribution in [3.63, 3.8) is 0 Å². The van der Waals surface area contributed by atoms with E-state index >= 15 is 0 Å². The van der Waals surface area contributed by atoms with Gasteiger partial charge in [0.1, 0.15) is 0 Å². The van der Waals surface area contributed by atoms with Crippen LogP contribution in [0.3, 0.4) is 0 Å². The zero-order valence-corrected chi connectivity index (χ0v) is 9.14. The second-order valence-corrected chi connectivity index (χ2v) is 3.28. The molecule has 1 aromatic carbocycles. The predicted octanol–water partition coefficient (Wildman–Crippen LogP) is 1.51. The molecular formula is C11H13F2NO2. The Morgan fingerprint density at radius 1 is 1.44 bits per heavy atom. The summed E-state index contributed by atoms with van der Waals surface area (Å²) in [5, 5.41) is 2.88. The molecule has 0 saturated heterocycles. The van der Waals surface area contributed by atoms with Gasteiger partial charge in [-0.25, -0.2) is 13.6 Å². The number of rotatable bonds is 4. The van der Waals surface area contributed by atoms with Gasteiger partial charge in [-0.3, -0.25) is 0 Å². The maximum atomic E-state index is 13.2. The standard InChI is InChI=1S/C11H13F2NO2/c1-14-4-3-7-5-8(11(15)16-2)10(13)9(12)6-7/h5-6,14H,3-4H2,1-2H3. The zero-order valence-electron chi connectivity index (χ0n) is 9.14. The minimum absolute atomic E-state index is 0.367. The average Bonchev–Trinajstić information content (AvgIpc) is 2.29. The van der Waals surface area contributed by atoms with Crippen LogP contribution in [0.15, 0.2) is 12.1 Å². The van der Waals surface area contributed by atoms with Crippen molar-refractivity contribution in [2.75, 3.05) is 20.7 Å². The van der Waals surface area contributed by atoms with E-state index in [4.69, 9.17) is 0 Å². The van der Waals surface area contributed by atoms with Gasteiger partial charge in [0.15, 0.2) is 11.6 Å². The number of carbonyl (C=O) groups is 1. The van der Waals surface area contributed by atoms with E-state index < -0.39 is 17.6 Å². The van der Waals surface area contributed by atoms with Crippen molar-refractivity contribution in [1.82, 2.24) is 5.32 Å². The molecule has 0 unspecified atom stereocenters. The number of esters is 1. The summed E-state index contributed by atoms with van der Waals surface area (Å²) in [6.45, 7) is 0.617. The average molecular weight is 229 g/mol. The lowest BCUT2D eigenvalue weighted by Gasteiger charge is -2.06. The number of nitrogens with one attached hydrogen (secondary N) is 1. The van der Waals surface area contributed by atoms with Gasteiger partial charge < -0.3 is 10.1 Å². The van der Waals surface area contributed by atoms with Gasteiger partial charge in [-0.2, -0.15) is 0 Å². The van der Waals surface area contributed by atoms with Gasteiger partial charge in [0.05, 0.1) is 12.7 Å². The second-order valence-electron chi connectivity index (χ2n) is 3.28. The van der Waals surface area contributed by atoms with Crippen molar-refractivity contribution >= 4 is 5.97 Å². The molecule has 0 radical (unpaired) electrons. The normalized spacial score (nSPS) is 10.2. The van der Waals surface area contributed by atoms with Gasteiger partial charge in [0, 0.05) is 0 Å². The minimum atomic E-state index is -1.17. The maximum Gasteiger partial charge on any atom is 0.340 e. The molecule has 0 saturated carbocycles. The number of ether oxygens (including phenoxy) is 1. The molecule has 0 heterocycles. The highest BCUT2D eigenvalue weighted by Gasteiger charge is 2.17. The fourth-order valence-corrected chi connectivity index (χ4v) is 1.32. The lowest BCUT2D eigenvalue weighted by atomic mass is 10.1. The van der Waals surface area contributed by atoms with E-state index in [2.05, 4.69) is 10.1 Å². The Morgan fingerprint density at radius 3 is 2.69 bits per heavy atom. The highest BCUT2D eigenvalue weighted by atomic mass is 19.2. The van der Waals surface area contributed by atoms with Crippen molar-refractivity contribution in [3.8, 4) is 0 Å². The molecule has 0 aliphatic carbocycles. The van der Waals surface area contributed by atoms with Crippen molar-refractivity contribution in [2.24, 2.45) is 0 Å². The molecule has 0 spiro atoms. The predicted molar refractivity (Wildman–Crippen MR) is 55.3 cm³/mol. The first kappa shape index (κ1) is 12.6. The molecule has 0 aromatic heterocycles. The summed E-state index contributed by atoms with van der Waals surface area (Å²) in [6, 6.07) is 2.39. The van der Waals surface area contributed by atoms with E-state index in [1.807, 2.05) is 0 Å². The van der Waals surface area contributed by atoms with Crippen molar-refractivity contribution in [1.29, 1.82) is 0 Å². The Hall–Kier alpha value is -1.49. The Kier molecular flexibility index (Phi) is 4.37. The molecule has 88 valence electrons. The zero-order chi connectivity index (χ0) is 12.1. The second kappa shape index (κ2) is 5.55.